The highest BCUT2D eigenvalue weighted by molar-refractivity contribution is 6.45. The van der Waals surface area contributed by atoms with Crippen molar-refractivity contribution < 1.29 is 19.2 Å². The first-order valence-corrected chi connectivity index (χ1v) is 6.91. The topological polar surface area (TPSA) is 86.8 Å². The number of imide groups is 2. The number of benzene rings is 1. The van der Waals surface area contributed by atoms with E-state index in [-0.39, 0.29) is 6.54 Å². The maximum Gasteiger partial charge on any atom is 0.334 e. The third-order valence-electron chi connectivity index (χ3n) is 3.23. The molecule has 0 unspecified atom stereocenters. The van der Waals surface area contributed by atoms with Gasteiger partial charge in [-0.1, -0.05) is 30.3 Å². The fourth-order valence-electron chi connectivity index (χ4n) is 2.11. The number of urea groups is 1. The third kappa shape index (κ3) is 3.13. The summed E-state index contributed by atoms with van der Waals surface area (Å²) < 4.78 is 0. The first kappa shape index (κ1) is 15.7. The predicted molar refractivity (Wildman–Crippen MR) is 77.4 cm³/mol. The average molecular weight is 303 g/mol. The molecule has 0 bridgehead atoms. The zero-order chi connectivity index (χ0) is 16.3. The van der Waals surface area contributed by atoms with Gasteiger partial charge in [0.15, 0.2) is 0 Å². The first-order valence-electron chi connectivity index (χ1n) is 6.91. The standard InChI is InChI=1S/C15H17N3O4/c1-10(2)18-14(21)13(20)17(15(18)22)9-12(19)16-8-11-6-4-3-5-7-11/h3-7,10H,8-9H2,1-2H3,(H,16,19). The molecule has 0 saturated carbocycles. The number of nitrogens with one attached hydrogen (secondary N) is 1. The molecule has 1 heterocycles. The van der Waals surface area contributed by atoms with Gasteiger partial charge < -0.3 is 5.32 Å². The molecule has 0 radical (unpaired) electrons. The second kappa shape index (κ2) is 6.38. The van der Waals surface area contributed by atoms with Crippen LogP contribution >= 0.6 is 0 Å². The highest BCUT2D eigenvalue weighted by Crippen LogP contribution is 2.14. The minimum atomic E-state index is -0.964. The van der Waals surface area contributed by atoms with Gasteiger partial charge in [-0.05, 0) is 19.4 Å². The van der Waals surface area contributed by atoms with Crippen molar-refractivity contribution in [3.8, 4) is 0 Å². The van der Waals surface area contributed by atoms with Crippen LogP contribution in [-0.4, -0.2) is 46.1 Å². The number of hydrogen-bond acceptors (Lipinski definition) is 4. The number of nitrogens with zero attached hydrogens (tertiary/aromatic N) is 2. The fourth-order valence-corrected chi connectivity index (χ4v) is 2.11. The molecule has 0 aliphatic carbocycles. The molecule has 1 saturated heterocycles. The molecule has 0 atom stereocenters. The van der Waals surface area contributed by atoms with E-state index in [9.17, 15) is 19.2 Å². The van der Waals surface area contributed by atoms with Crippen LogP contribution in [-0.2, 0) is 20.9 Å². The van der Waals surface area contributed by atoms with Crippen LogP contribution in [0.3, 0.4) is 0 Å². The third-order valence-corrected chi connectivity index (χ3v) is 3.23. The summed E-state index contributed by atoms with van der Waals surface area (Å²) >= 11 is 0. The molecule has 2 rings (SSSR count). The Balaban J connectivity index is 1.95. The van der Waals surface area contributed by atoms with Crippen LogP contribution in [0.1, 0.15) is 19.4 Å². The van der Waals surface area contributed by atoms with Gasteiger partial charge in [0.2, 0.25) is 5.91 Å². The maximum atomic E-state index is 12.0. The van der Waals surface area contributed by atoms with Crippen LogP contribution in [0.25, 0.3) is 0 Å². The largest absolute Gasteiger partial charge is 0.350 e. The van der Waals surface area contributed by atoms with Crippen molar-refractivity contribution in [2.45, 2.75) is 26.4 Å². The Morgan fingerprint density at radius 2 is 1.73 bits per heavy atom. The van der Waals surface area contributed by atoms with Crippen molar-refractivity contribution in [1.29, 1.82) is 0 Å². The summed E-state index contributed by atoms with van der Waals surface area (Å²) in [6.07, 6.45) is 0. The number of rotatable bonds is 5. The second-order valence-electron chi connectivity index (χ2n) is 5.21. The lowest BCUT2D eigenvalue weighted by Gasteiger charge is -2.18. The van der Waals surface area contributed by atoms with Crippen molar-refractivity contribution in [3.63, 3.8) is 0 Å². The number of carbonyl (C=O) groups is 4. The molecule has 0 aromatic heterocycles. The van der Waals surface area contributed by atoms with Crippen molar-refractivity contribution in [2.75, 3.05) is 6.54 Å². The lowest BCUT2D eigenvalue weighted by atomic mass is 10.2. The molecule has 0 spiro atoms. The summed E-state index contributed by atoms with van der Waals surface area (Å²) in [5.74, 6) is -2.35. The van der Waals surface area contributed by atoms with Crippen LogP contribution in [0.15, 0.2) is 30.3 Å². The van der Waals surface area contributed by atoms with E-state index in [0.29, 0.717) is 4.90 Å². The van der Waals surface area contributed by atoms with Gasteiger partial charge in [-0.25, -0.2) is 9.69 Å². The Kier molecular flexibility index (Phi) is 4.55. The SMILES string of the molecule is CC(C)N1C(=O)C(=O)N(CC(=O)NCc2ccccc2)C1=O. The quantitative estimate of drug-likeness (QED) is 0.634. The number of carbonyl (C=O) groups excluding carboxylic acids is 4. The number of amides is 5. The molecular weight excluding hydrogens is 286 g/mol. The van der Waals surface area contributed by atoms with E-state index in [4.69, 9.17) is 0 Å². The zero-order valence-corrected chi connectivity index (χ0v) is 12.4. The van der Waals surface area contributed by atoms with E-state index in [2.05, 4.69) is 5.32 Å². The molecule has 1 aromatic carbocycles. The summed E-state index contributed by atoms with van der Waals surface area (Å²) in [6.45, 7) is 3.08. The normalized spacial score (nSPS) is 15.0. The van der Waals surface area contributed by atoms with E-state index in [0.717, 1.165) is 10.5 Å². The minimum absolute atomic E-state index is 0.289. The molecular formula is C15H17N3O4. The molecule has 1 aliphatic rings. The van der Waals surface area contributed by atoms with Crippen LogP contribution in [0.5, 0.6) is 0 Å². The van der Waals surface area contributed by atoms with Crippen LogP contribution in [0, 0.1) is 0 Å². The fraction of sp³-hybridized carbons (Fsp3) is 0.333. The predicted octanol–water partition coefficient (Wildman–Crippen LogP) is 0.502. The highest BCUT2D eigenvalue weighted by atomic mass is 16.2. The summed E-state index contributed by atoms with van der Waals surface area (Å²) in [5.41, 5.74) is 0.898. The van der Waals surface area contributed by atoms with Gasteiger partial charge in [0.1, 0.15) is 6.54 Å². The Morgan fingerprint density at radius 3 is 2.27 bits per heavy atom. The Morgan fingerprint density at radius 1 is 1.09 bits per heavy atom. The van der Waals surface area contributed by atoms with Gasteiger partial charge in [-0.3, -0.25) is 19.3 Å². The van der Waals surface area contributed by atoms with E-state index < -0.39 is 36.3 Å². The Labute approximate surface area is 127 Å². The van der Waals surface area contributed by atoms with Gasteiger partial charge in [0.05, 0.1) is 0 Å². The molecule has 7 heteroatoms. The Bertz CT molecular complexity index is 612. The second-order valence-corrected chi connectivity index (χ2v) is 5.21. The zero-order valence-electron chi connectivity index (χ0n) is 12.4. The van der Waals surface area contributed by atoms with Crippen molar-refractivity contribution >= 4 is 23.8 Å². The monoisotopic (exact) mass is 303 g/mol. The Hall–Kier alpha value is -2.70. The van der Waals surface area contributed by atoms with Gasteiger partial charge in [0.25, 0.3) is 0 Å². The van der Waals surface area contributed by atoms with Crippen LogP contribution < -0.4 is 5.32 Å². The summed E-state index contributed by atoms with van der Waals surface area (Å²) in [5, 5.41) is 2.61. The van der Waals surface area contributed by atoms with Crippen LogP contribution in [0.2, 0.25) is 0 Å². The lowest BCUT2D eigenvalue weighted by Crippen LogP contribution is -2.42. The average Bonchev–Trinajstić information content (AvgIpc) is 2.70. The van der Waals surface area contributed by atoms with E-state index in [1.807, 2.05) is 30.3 Å². The van der Waals surface area contributed by atoms with Gasteiger partial charge >= 0.3 is 17.8 Å². The van der Waals surface area contributed by atoms with Crippen molar-refractivity contribution in [2.24, 2.45) is 0 Å². The minimum Gasteiger partial charge on any atom is -0.350 e. The number of hydrogen-bond donors (Lipinski definition) is 1. The molecule has 1 fully saturated rings. The van der Waals surface area contributed by atoms with Gasteiger partial charge in [-0.15, -0.1) is 0 Å². The van der Waals surface area contributed by atoms with Crippen LogP contribution in [0.4, 0.5) is 4.79 Å². The smallest absolute Gasteiger partial charge is 0.334 e. The molecule has 22 heavy (non-hydrogen) atoms. The van der Waals surface area contributed by atoms with Gasteiger partial charge in [0, 0.05) is 12.6 Å². The highest BCUT2D eigenvalue weighted by Gasteiger charge is 2.46. The van der Waals surface area contributed by atoms with E-state index in [1.54, 1.807) is 13.8 Å². The van der Waals surface area contributed by atoms with E-state index in [1.165, 1.54) is 0 Å². The summed E-state index contributed by atoms with van der Waals surface area (Å²) in [4.78, 5) is 48.9. The van der Waals surface area contributed by atoms with Crippen molar-refractivity contribution in [3.05, 3.63) is 35.9 Å². The van der Waals surface area contributed by atoms with Gasteiger partial charge in [-0.2, -0.15) is 0 Å². The molecule has 5 amide bonds. The molecule has 1 aromatic rings. The summed E-state index contributed by atoms with van der Waals surface area (Å²) in [7, 11) is 0. The summed E-state index contributed by atoms with van der Waals surface area (Å²) in [6, 6.07) is 8.05. The van der Waals surface area contributed by atoms with E-state index >= 15 is 0 Å². The first-order chi connectivity index (χ1) is 10.4. The molecule has 1 aliphatic heterocycles. The van der Waals surface area contributed by atoms with Crippen molar-refractivity contribution in [1.82, 2.24) is 15.1 Å². The molecule has 116 valence electrons. The molecule has 7 nitrogen and oxygen atoms in total. The lowest BCUT2D eigenvalue weighted by molar-refractivity contribution is -0.144. The maximum absolute atomic E-state index is 12.0. The molecule has 1 N–H and O–H groups in total.